The summed E-state index contributed by atoms with van der Waals surface area (Å²) in [7, 11) is 7.18. The summed E-state index contributed by atoms with van der Waals surface area (Å²) < 4.78 is 22.2. The molecule has 10 nitrogen and oxygen atoms in total. The Morgan fingerprint density at radius 3 is 1.63 bits per heavy atom. The van der Waals surface area contributed by atoms with Crippen molar-refractivity contribution in [1.82, 2.24) is 19.8 Å². The number of thiazole rings is 2. The first-order valence-electron chi connectivity index (χ1n) is 14.6. The number of benzene rings is 2. The van der Waals surface area contributed by atoms with E-state index in [-0.39, 0.29) is 24.1 Å². The van der Waals surface area contributed by atoms with Gasteiger partial charge in [0.1, 0.15) is 20.2 Å². The maximum Gasteiger partial charge on any atom is 0.281 e. The van der Waals surface area contributed by atoms with Crippen LogP contribution in [0.25, 0.3) is 0 Å². The van der Waals surface area contributed by atoms with Crippen molar-refractivity contribution in [2.24, 2.45) is 4.99 Å². The van der Waals surface area contributed by atoms with Gasteiger partial charge in [0.15, 0.2) is 10.3 Å². The minimum Gasteiger partial charge on any atom is -0.431 e. The number of hydrogen-bond acceptors (Lipinski definition) is 11. The van der Waals surface area contributed by atoms with Gasteiger partial charge in [-0.1, -0.05) is 83.4 Å². The van der Waals surface area contributed by atoms with Crippen LogP contribution >= 0.6 is 69.1 Å². The summed E-state index contributed by atoms with van der Waals surface area (Å²) in [4.78, 5) is 16.5. The fourth-order valence-corrected chi connectivity index (χ4v) is 5.67. The highest BCUT2D eigenvalue weighted by Gasteiger charge is 2.13. The molecule has 0 saturated carbocycles. The van der Waals surface area contributed by atoms with E-state index < -0.39 is 0 Å². The van der Waals surface area contributed by atoms with Crippen LogP contribution in [0.5, 0.6) is 21.9 Å². The summed E-state index contributed by atoms with van der Waals surface area (Å²) >= 11 is 25.7. The average Bonchev–Trinajstić information content (AvgIpc) is 3.54. The SMILES string of the molecule is C.CCN(C)C(OC)OC.CCN(C)C=Nc1cc(C)c(Oc2nc(Cl)c(Cl)s2)cc1C.Cc1cc(Oc2nc(Cl)c(Cl)s2)c(C)cc1N. The van der Waals surface area contributed by atoms with Gasteiger partial charge in [0, 0.05) is 33.5 Å². The maximum absolute atomic E-state index is 5.90. The molecular formula is C33H46Cl4N6O4S2. The van der Waals surface area contributed by atoms with Crippen LogP contribution in [0.1, 0.15) is 43.5 Å². The molecule has 0 aliphatic rings. The van der Waals surface area contributed by atoms with E-state index in [0.717, 1.165) is 52.5 Å². The maximum atomic E-state index is 5.90. The smallest absolute Gasteiger partial charge is 0.281 e. The molecule has 2 N–H and O–H groups in total. The van der Waals surface area contributed by atoms with Crippen LogP contribution in [0, 0.1) is 27.7 Å². The fraction of sp³-hybridized carbons (Fsp3) is 0.424. The van der Waals surface area contributed by atoms with Crippen molar-refractivity contribution in [2.75, 3.05) is 47.1 Å². The molecule has 0 atom stereocenters. The van der Waals surface area contributed by atoms with E-state index in [1.165, 1.54) is 22.7 Å². The van der Waals surface area contributed by atoms with Gasteiger partial charge in [-0.15, -0.1) is 0 Å². The third kappa shape index (κ3) is 14.0. The lowest BCUT2D eigenvalue weighted by molar-refractivity contribution is -0.186. The van der Waals surface area contributed by atoms with Crippen molar-refractivity contribution < 1.29 is 18.9 Å². The molecule has 0 aliphatic heterocycles. The summed E-state index contributed by atoms with van der Waals surface area (Å²) in [5.41, 5.74) is 11.4. The number of halogens is 4. The van der Waals surface area contributed by atoms with Crippen LogP contribution in [0.4, 0.5) is 11.4 Å². The van der Waals surface area contributed by atoms with Crippen molar-refractivity contribution in [3.05, 3.63) is 65.5 Å². The van der Waals surface area contributed by atoms with Crippen LogP contribution in [0.2, 0.25) is 19.0 Å². The number of nitrogens with two attached hydrogens (primary N) is 1. The molecule has 272 valence electrons. The second-order valence-corrected chi connectivity index (χ2v) is 14.2. The Morgan fingerprint density at radius 1 is 0.776 bits per heavy atom. The lowest BCUT2D eigenvalue weighted by Crippen LogP contribution is -2.34. The standard InChI is InChI=1S/C15H17Cl2N3OS.C11H10Cl2N2OS.C6H15NO2.CH4/c1-5-20(4)8-18-11-6-10(3)12(7-9(11)2)21-15-19-13(16)14(17)22-15;1-5-4-8(6(2)3-7(5)14)16-11-15-9(12)10(13)17-11;1-5-7(2)6(8-3)9-4;/h6-8H,5H2,1-4H3;3-4H,14H2,1-2H3;6H,5H2,1-4H3;1H4. The van der Waals surface area contributed by atoms with Crippen molar-refractivity contribution in [1.29, 1.82) is 0 Å². The van der Waals surface area contributed by atoms with Gasteiger partial charge in [0.05, 0.1) is 12.0 Å². The molecule has 0 radical (unpaired) electrons. The van der Waals surface area contributed by atoms with Gasteiger partial charge in [-0.3, -0.25) is 4.90 Å². The Hall–Kier alpha value is -2.39. The third-order valence-electron chi connectivity index (χ3n) is 6.66. The zero-order valence-electron chi connectivity index (χ0n) is 28.7. The second kappa shape index (κ2) is 21.7. The molecule has 0 fully saturated rings. The first kappa shape index (κ1) is 44.6. The zero-order chi connectivity index (χ0) is 36.1. The molecule has 2 aromatic carbocycles. The first-order valence-corrected chi connectivity index (χ1v) is 17.8. The van der Waals surface area contributed by atoms with E-state index in [1.807, 2.05) is 89.1 Å². The van der Waals surface area contributed by atoms with Gasteiger partial charge in [-0.05, 0) is 94.7 Å². The molecule has 16 heteroatoms. The highest BCUT2D eigenvalue weighted by atomic mass is 35.5. The summed E-state index contributed by atoms with van der Waals surface area (Å²) in [5.74, 6) is 1.43. The summed E-state index contributed by atoms with van der Waals surface area (Å²) in [5, 5.41) is 1.38. The van der Waals surface area contributed by atoms with Gasteiger partial charge in [0.25, 0.3) is 10.4 Å². The van der Waals surface area contributed by atoms with Gasteiger partial charge >= 0.3 is 0 Å². The summed E-state index contributed by atoms with van der Waals surface area (Å²) in [6.07, 6.45) is 1.62. The monoisotopic (exact) mass is 794 g/mol. The molecule has 0 saturated heterocycles. The summed E-state index contributed by atoms with van der Waals surface area (Å²) in [6, 6.07) is 7.66. The Morgan fingerprint density at radius 2 is 1.24 bits per heavy atom. The van der Waals surface area contributed by atoms with Crippen LogP contribution in [-0.2, 0) is 9.47 Å². The van der Waals surface area contributed by atoms with Gasteiger partial charge in [0.2, 0.25) is 6.41 Å². The molecule has 0 aliphatic carbocycles. The molecule has 0 amide bonds. The normalized spacial score (nSPS) is 10.8. The quantitative estimate of drug-likeness (QED) is 0.0687. The largest absolute Gasteiger partial charge is 0.431 e. The topological polar surface area (TPSA) is 108 Å². The lowest BCUT2D eigenvalue weighted by Gasteiger charge is -2.22. The fourth-order valence-electron chi connectivity index (χ4n) is 3.60. The van der Waals surface area contributed by atoms with Gasteiger partial charge < -0.3 is 29.6 Å². The molecule has 4 aromatic rings. The van der Waals surface area contributed by atoms with E-state index >= 15 is 0 Å². The molecule has 2 aromatic heterocycles. The van der Waals surface area contributed by atoms with Crippen molar-refractivity contribution >= 4 is 86.8 Å². The first-order chi connectivity index (χ1) is 22.6. The van der Waals surface area contributed by atoms with E-state index in [4.69, 9.17) is 71.1 Å². The van der Waals surface area contributed by atoms with E-state index in [1.54, 1.807) is 14.2 Å². The Balaban J connectivity index is 0.000000396. The predicted octanol–water partition coefficient (Wildman–Crippen LogP) is 11.1. The highest BCUT2D eigenvalue weighted by Crippen LogP contribution is 2.38. The Bertz CT molecular complexity index is 1610. The zero-order valence-corrected chi connectivity index (χ0v) is 33.3. The number of hydrogen-bond donors (Lipinski definition) is 1. The van der Waals surface area contributed by atoms with Crippen LogP contribution in [0.3, 0.4) is 0 Å². The van der Waals surface area contributed by atoms with Gasteiger partial charge in [-0.25, -0.2) is 4.99 Å². The molecule has 4 rings (SSSR count). The lowest BCUT2D eigenvalue weighted by atomic mass is 10.1. The number of anilines is 1. The van der Waals surface area contributed by atoms with Gasteiger partial charge in [-0.2, -0.15) is 9.97 Å². The highest BCUT2D eigenvalue weighted by molar-refractivity contribution is 7.18. The van der Waals surface area contributed by atoms with E-state index in [2.05, 4.69) is 21.9 Å². The summed E-state index contributed by atoms with van der Waals surface area (Å²) in [6.45, 7) is 13.8. The second-order valence-electron chi connectivity index (χ2n) is 10.3. The van der Waals surface area contributed by atoms with Crippen LogP contribution < -0.4 is 15.2 Å². The van der Waals surface area contributed by atoms with Crippen molar-refractivity contribution in [3.8, 4) is 21.9 Å². The minimum absolute atomic E-state index is 0. The molecule has 0 bridgehead atoms. The minimum atomic E-state index is -0.199. The number of nitrogens with zero attached hydrogens (tertiary/aromatic N) is 5. The Labute approximate surface area is 318 Å². The molecular weight excluding hydrogens is 750 g/mol. The number of methoxy groups -OCH3 is 2. The van der Waals surface area contributed by atoms with Crippen LogP contribution in [-0.4, -0.2) is 73.9 Å². The van der Waals surface area contributed by atoms with E-state index in [9.17, 15) is 0 Å². The number of rotatable bonds is 11. The predicted molar refractivity (Wildman–Crippen MR) is 210 cm³/mol. The van der Waals surface area contributed by atoms with Crippen molar-refractivity contribution in [2.45, 2.75) is 55.4 Å². The number of aliphatic imine (C=N–C) groups is 1. The van der Waals surface area contributed by atoms with Crippen molar-refractivity contribution in [3.63, 3.8) is 0 Å². The number of ether oxygens (including phenoxy) is 4. The number of nitrogen functional groups attached to an aromatic ring is 1. The molecule has 49 heavy (non-hydrogen) atoms. The molecule has 0 unspecified atom stereocenters. The third-order valence-corrected chi connectivity index (χ3v) is 9.89. The number of aryl methyl sites for hydroxylation is 4. The Kier molecular flexibility index (Phi) is 19.8. The average molecular weight is 797 g/mol. The molecule has 2 heterocycles. The molecule has 0 spiro atoms. The number of aromatic nitrogens is 2. The van der Waals surface area contributed by atoms with Crippen LogP contribution in [0.15, 0.2) is 29.3 Å². The van der Waals surface area contributed by atoms with E-state index in [0.29, 0.717) is 24.8 Å².